The summed E-state index contributed by atoms with van der Waals surface area (Å²) >= 11 is 0. The number of carboxylic acids is 1. The molecule has 0 aromatic rings. The number of nitrogens with one attached hydrogen (secondary N) is 2. The number of hydrogen-bond acceptors (Lipinski definition) is 3. The first-order chi connectivity index (χ1) is 8.97. The van der Waals surface area contributed by atoms with Crippen LogP contribution in [0.3, 0.4) is 0 Å². The monoisotopic (exact) mass is 272 g/mol. The number of carboxylic acid groups (broad SMARTS) is 1. The van der Waals surface area contributed by atoms with Crippen LogP contribution < -0.4 is 10.6 Å². The maximum absolute atomic E-state index is 11.7. The van der Waals surface area contributed by atoms with E-state index in [4.69, 9.17) is 9.84 Å². The Morgan fingerprint density at radius 1 is 1.37 bits per heavy atom. The van der Waals surface area contributed by atoms with Gasteiger partial charge in [0.2, 0.25) is 0 Å². The largest absolute Gasteiger partial charge is 0.480 e. The van der Waals surface area contributed by atoms with Crippen LogP contribution in [0.25, 0.3) is 0 Å². The molecule has 0 aromatic carbocycles. The van der Waals surface area contributed by atoms with Crippen LogP contribution in [-0.2, 0) is 9.53 Å². The van der Waals surface area contributed by atoms with Crippen molar-refractivity contribution in [1.82, 2.24) is 10.6 Å². The van der Waals surface area contributed by atoms with Gasteiger partial charge in [-0.15, -0.1) is 0 Å². The van der Waals surface area contributed by atoms with E-state index in [1.54, 1.807) is 0 Å². The lowest BCUT2D eigenvalue weighted by Gasteiger charge is -2.35. The average Bonchev–Trinajstić information content (AvgIpc) is 2.32. The molecule has 0 aliphatic heterocycles. The van der Waals surface area contributed by atoms with Gasteiger partial charge in [-0.1, -0.05) is 20.3 Å². The summed E-state index contributed by atoms with van der Waals surface area (Å²) in [5, 5.41) is 14.4. The average molecular weight is 272 g/mol. The van der Waals surface area contributed by atoms with Crippen LogP contribution in [0.1, 0.15) is 40.0 Å². The molecule has 3 N–H and O–H groups in total. The number of urea groups is 1. The normalized spacial score (nSPS) is 25.0. The van der Waals surface area contributed by atoms with E-state index in [1.807, 2.05) is 20.8 Å². The van der Waals surface area contributed by atoms with Gasteiger partial charge in [0, 0.05) is 12.6 Å². The summed E-state index contributed by atoms with van der Waals surface area (Å²) in [7, 11) is 0. The molecule has 6 nitrogen and oxygen atoms in total. The Morgan fingerprint density at radius 3 is 2.47 bits per heavy atom. The van der Waals surface area contributed by atoms with Gasteiger partial charge in [-0.2, -0.15) is 0 Å². The first-order valence-corrected chi connectivity index (χ1v) is 6.89. The summed E-state index contributed by atoms with van der Waals surface area (Å²) in [5.74, 6) is -1.09. The van der Waals surface area contributed by atoms with Crippen LogP contribution in [0.4, 0.5) is 4.79 Å². The Morgan fingerprint density at radius 2 is 2.00 bits per heavy atom. The third kappa shape index (κ3) is 4.70. The van der Waals surface area contributed by atoms with E-state index in [1.165, 1.54) is 0 Å². The number of carbonyl (C=O) groups excluding carboxylic acids is 1. The van der Waals surface area contributed by atoms with Crippen LogP contribution >= 0.6 is 0 Å². The Hall–Kier alpha value is -1.30. The summed E-state index contributed by atoms with van der Waals surface area (Å²) in [6.07, 6.45) is 2.51. The highest BCUT2D eigenvalue weighted by Crippen LogP contribution is 2.23. The van der Waals surface area contributed by atoms with Crippen molar-refractivity contribution in [1.29, 1.82) is 0 Å². The van der Waals surface area contributed by atoms with E-state index >= 15 is 0 Å². The summed E-state index contributed by atoms with van der Waals surface area (Å²) in [6, 6.07) is -1.16. The van der Waals surface area contributed by atoms with Gasteiger partial charge in [-0.3, -0.25) is 0 Å². The van der Waals surface area contributed by atoms with Gasteiger partial charge in [-0.25, -0.2) is 9.59 Å². The molecule has 1 aliphatic carbocycles. The fraction of sp³-hybridized carbons (Fsp3) is 0.846. The van der Waals surface area contributed by atoms with E-state index in [2.05, 4.69) is 10.6 Å². The molecular formula is C13H24N2O4. The van der Waals surface area contributed by atoms with Gasteiger partial charge >= 0.3 is 12.0 Å². The van der Waals surface area contributed by atoms with E-state index in [-0.39, 0.29) is 18.1 Å². The third-order valence-electron chi connectivity index (χ3n) is 3.60. The van der Waals surface area contributed by atoms with Gasteiger partial charge in [0.25, 0.3) is 0 Å². The standard InChI is InChI=1S/C13H24N2O4/c1-4-8(3)11(12(16)17)15-13(18)14-9-6-10(7-9)19-5-2/h8-11H,4-7H2,1-3H3,(H,16,17)(H2,14,15,18)/t8-,9?,10?,11-/m0/s1. The molecule has 2 amide bonds. The first-order valence-electron chi connectivity index (χ1n) is 6.89. The zero-order valence-electron chi connectivity index (χ0n) is 11.8. The SMILES string of the molecule is CCOC1CC(NC(=O)N[C@H](C(=O)O)[C@@H](C)CC)C1. The molecule has 1 fully saturated rings. The highest BCUT2D eigenvalue weighted by atomic mass is 16.5. The van der Waals surface area contributed by atoms with Crippen molar-refractivity contribution in [3.05, 3.63) is 0 Å². The number of aliphatic carboxylic acids is 1. The Bertz CT molecular complexity index is 316. The minimum atomic E-state index is -0.995. The molecule has 19 heavy (non-hydrogen) atoms. The number of carbonyl (C=O) groups is 2. The van der Waals surface area contributed by atoms with Crippen LogP contribution in [0.15, 0.2) is 0 Å². The minimum Gasteiger partial charge on any atom is -0.480 e. The predicted octanol–water partition coefficient (Wildman–Crippen LogP) is 1.35. The molecule has 1 rings (SSSR count). The van der Waals surface area contributed by atoms with Gasteiger partial charge in [0.1, 0.15) is 6.04 Å². The van der Waals surface area contributed by atoms with E-state index in [9.17, 15) is 9.59 Å². The Labute approximate surface area is 113 Å². The van der Waals surface area contributed by atoms with Gasteiger partial charge < -0.3 is 20.5 Å². The topological polar surface area (TPSA) is 87.7 Å². The Kier molecular flexibility index (Phi) is 6.08. The van der Waals surface area contributed by atoms with Crippen LogP contribution in [0, 0.1) is 5.92 Å². The quantitative estimate of drug-likeness (QED) is 0.653. The lowest BCUT2D eigenvalue weighted by atomic mass is 9.89. The molecule has 0 radical (unpaired) electrons. The summed E-state index contributed by atoms with van der Waals surface area (Å²) in [6.45, 7) is 6.34. The van der Waals surface area contributed by atoms with Gasteiger partial charge in [0.05, 0.1) is 6.10 Å². The number of ether oxygens (including phenoxy) is 1. The van der Waals surface area contributed by atoms with Crippen LogP contribution in [0.5, 0.6) is 0 Å². The molecule has 0 heterocycles. The van der Waals surface area contributed by atoms with Crippen molar-refractivity contribution in [2.75, 3.05) is 6.61 Å². The molecule has 0 unspecified atom stereocenters. The zero-order valence-corrected chi connectivity index (χ0v) is 11.8. The van der Waals surface area contributed by atoms with Crippen molar-refractivity contribution in [2.24, 2.45) is 5.92 Å². The summed E-state index contributed by atoms with van der Waals surface area (Å²) in [5.41, 5.74) is 0. The van der Waals surface area contributed by atoms with Gasteiger partial charge in [-0.05, 0) is 25.7 Å². The van der Waals surface area contributed by atoms with Crippen LogP contribution in [0.2, 0.25) is 0 Å². The van der Waals surface area contributed by atoms with Crippen molar-refractivity contribution in [2.45, 2.75) is 58.2 Å². The minimum absolute atomic E-state index is 0.0860. The predicted molar refractivity (Wildman–Crippen MR) is 71.0 cm³/mol. The summed E-state index contributed by atoms with van der Waals surface area (Å²) in [4.78, 5) is 22.8. The maximum Gasteiger partial charge on any atom is 0.326 e. The molecule has 2 atom stereocenters. The molecule has 0 spiro atoms. The zero-order chi connectivity index (χ0) is 14.4. The second kappa shape index (κ2) is 7.33. The lowest BCUT2D eigenvalue weighted by molar-refractivity contribution is -0.140. The lowest BCUT2D eigenvalue weighted by Crippen LogP contribution is -2.55. The van der Waals surface area contributed by atoms with E-state index in [0.717, 1.165) is 12.8 Å². The Balaban J connectivity index is 2.32. The second-order valence-electron chi connectivity index (χ2n) is 5.06. The van der Waals surface area contributed by atoms with Crippen molar-refractivity contribution in [3.8, 4) is 0 Å². The highest BCUT2D eigenvalue weighted by Gasteiger charge is 2.32. The smallest absolute Gasteiger partial charge is 0.326 e. The van der Waals surface area contributed by atoms with E-state index in [0.29, 0.717) is 13.0 Å². The highest BCUT2D eigenvalue weighted by molar-refractivity contribution is 5.82. The molecule has 1 aliphatic rings. The molecule has 0 aromatic heterocycles. The number of hydrogen-bond donors (Lipinski definition) is 3. The van der Waals surface area contributed by atoms with Gasteiger partial charge in [0.15, 0.2) is 0 Å². The van der Waals surface area contributed by atoms with Crippen LogP contribution in [-0.4, -0.2) is 41.9 Å². The molecular weight excluding hydrogens is 248 g/mol. The fourth-order valence-electron chi connectivity index (χ4n) is 2.11. The third-order valence-corrected chi connectivity index (χ3v) is 3.60. The van der Waals surface area contributed by atoms with E-state index < -0.39 is 18.0 Å². The molecule has 0 saturated heterocycles. The number of amides is 2. The van der Waals surface area contributed by atoms with Crippen molar-refractivity contribution in [3.63, 3.8) is 0 Å². The summed E-state index contributed by atoms with van der Waals surface area (Å²) < 4.78 is 5.40. The fourth-order valence-corrected chi connectivity index (χ4v) is 2.11. The number of rotatable bonds is 7. The van der Waals surface area contributed by atoms with Crippen molar-refractivity contribution < 1.29 is 19.4 Å². The van der Waals surface area contributed by atoms with Crippen molar-refractivity contribution >= 4 is 12.0 Å². The molecule has 1 saturated carbocycles. The molecule has 110 valence electrons. The maximum atomic E-state index is 11.7. The second-order valence-corrected chi connectivity index (χ2v) is 5.06. The molecule has 6 heteroatoms. The first kappa shape index (κ1) is 15.8. The molecule has 0 bridgehead atoms.